The summed E-state index contributed by atoms with van der Waals surface area (Å²) in [6, 6.07) is 3.87. The number of hydrogen-bond donors (Lipinski definition) is 0. The Bertz CT molecular complexity index is 695. The SMILES string of the molecule is O=c1oc2c(n1Cc1ccc(Br)s1)C=CS2=O. The summed E-state index contributed by atoms with van der Waals surface area (Å²) in [5, 5.41) is 1.78. The number of oxazole rings is 1. The van der Waals surface area contributed by atoms with Crippen LogP contribution in [0.15, 0.2) is 35.6 Å². The highest BCUT2D eigenvalue weighted by molar-refractivity contribution is 9.11. The summed E-state index contributed by atoms with van der Waals surface area (Å²) in [5.41, 5.74) is 0.609. The molecule has 1 aliphatic heterocycles. The van der Waals surface area contributed by atoms with Crippen molar-refractivity contribution in [3.8, 4) is 0 Å². The summed E-state index contributed by atoms with van der Waals surface area (Å²) in [7, 11) is -1.31. The third-order valence-corrected chi connectivity index (χ3v) is 5.02. The molecule has 1 aliphatic rings. The number of hydrogen-bond acceptors (Lipinski definition) is 4. The van der Waals surface area contributed by atoms with E-state index in [-0.39, 0.29) is 5.09 Å². The number of nitrogens with zero attached hydrogens (tertiary/aromatic N) is 1. The lowest BCUT2D eigenvalue weighted by Gasteiger charge is -1.98. The van der Waals surface area contributed by atoms with Gasteiger partial charge < -0.3 is 4.42 Å². The molecule has 0 radical (unpaired) electrons. The van der Waals surface area contributed by atoms with Gasteiger partial charge in [-0.15, -0.1) is 11.3 Å². The highest BCUT2D eigenvalue weighted by Crippen LogP contribution is 2.26. The molecular formula is C10H6BrNO3S2. The van der Waals surface area contributed by atoms with Crippen LogP contribution in [0.1, 0.15) is 10.6 Å². The molecule has 3 heterocycles. The first-order valence-electron chi connectivity index (χ1n) is 4.72. The van der Waals surface area contributed by atoms with Crippen molar-refractivity contribution in [2.45, 2.75) is 11.6 Å². The molecule has 3 rings (SSSR count). The van der Waals surface area contributed by atoms with Crippen LogP contribution >= 0.6 is 27.3 Å². The molecule has 7 heteroatoms. The first-order chi connectivity index (χ1) is 8.15. The Labute approximate surface area is 111 Å². The van der Waals surface area contributed by atoms with Crippen molar-refractivity contribution in [2.75, 3.05) is 0 Å². The molecule has 2 aromatic rings. The molecule has 1 atom stereocenters. The van der Waals surface area contributed by atoms with Gasteiger partial charge in [0, 0.05) is 10.3 Å². The largest absolute Gasteiger partial charge is 0.420 e. The summed E-state index contributed by atoms with van der Waals surface area (Å²) in [5.74, 6) is -0.461. The average Bonchev–Trinajstić information content (AvgIpc) is 2.91. The summed E-state index contributed by atoms with van der Waals surface area (Å²) < 4.78 is 19.0. The Morgan fingerprint density at radius 1 is 1.47 bits per heavy atom. The minimum Gasteiger partial charge on any atom is -0.398 e. The van der Waals surface area contributed by atoms with E-state index in [0.717, 1.165) is 8.66 Å². The zero-order valence-corrected chi connectivity index (χ0v) is 11.6. The van der Waals surface area contributed by atoms with Gasteiger partial charge in [-0.05, 0) is 34.1 Å². The van der Waals surface area contributed by atoms with E-state index in [9.17, 15) is 9.00 Å². The van der Waals surface area contributed by atoms with Crippen molar-refractivity contribution < 1.29 is 8.63 Å². The number of fused-ring (bicyclic) bond motifs is 1. The number of aromatic nitrogens is 1. The van der Waals surface area contributed by atoms with Crippen LogP contribution in [0.4, 0.5) is 0 Å². The van der Waals surface area contributed by atoms with Gasteiger partial charge in [-0.3, -0.25) is 4.57 Å². The van der Waals surface area contributed by atoms with Gasteiger partial charge in [-0.1, -0.05) is 0 Å². The van der Waals surface area contributed by atoms with Crippen molar-refractivity contribution >= 4 is 44.1 Å². The lowest BCUT2D eigenvalue weighted by molar-refractivity contribution is 0.417. The second-order valence-corrected chi connectivity index (χ2v) is 7.22. The van der Waals surface area contributed by atoms with Gasteiger partial charge in [-0.2, -0.15) is 0 Å². The molecule has 17 heavy (non-hydrogen) atoms. The Morgan fingerprint density at radius 2 is 2.29 bits per heavy atom. The molecule has 0 saturated carbocycles. The first-order valence-corrected chi connectivity index (χ1v) is 7.54. The zero-order chi connectivity index (χ0) is 12.0. The van der Waals surface area contributed by atoms with Gasteiger partial charge in [0.05, 0.1) is 10.3 Å². The molecule has 0 bridgehead atoms. The Kier molecular flexibility index (Phi) is 2.68. The van der Waals surface area contributed by atoms with E-state index < -0.39 is 16.6 Å². The van der Waals surface area contributed by atoms with E-state index in [4.69, 9.17) is 4.42 Å². The minimum absolute atomic E-state index is 0.255. The van der Waals surface area contributed by atoms with Crippen molar-refractivity contribution in [1.29, 1.82) is 0 Å². The normalized spacial score (nSPS) is 17.6. The van der Waals surface area contributed by atoms with E-state index in [1.54, 1.807) is 17.4 Å². The quantitative estimate of drug-likeness (QED) is 0.849. The van der Waals surface area contributed by atoms with E-state index >= 15 is 0 Å². The monoisotopic (exact) mass is 331 g/mol. The molecule has 4 nitrogen and oxygen atoms in total. The molecule has 1 unspecified atom stereocenters. The number of thiophene rings is 1. The minimum atomic E-state index is -1.31. The Balaban J connectivity index is 2.05. The molecule has 0 saturated heterocycles. The fourth-order valence-electron chi connectivity index (χ4n) is 1.63. The maximum atomic E-state index is 11.6. The molecular weight excluding hydrogens is 326 g/mol. The van der Waals surface area contributed by atoms with Crippen molar-refractivity contribution in [1.82, 2.24) is 4.57 Å². The fourth-order valence-corrected chi connectivity index (χ4v) is 4.01. The predicted molar refractivity (Wildman–Crippen MR) is 69.5 cm³/mol. The second-order valence-electron chi connectivity index (χ2n) is 3.43. The van der Waals surface area contributed by atoms with Crippen LogP contribution in [0.2, 0.25) is 0 Å². The standard InChI is InChI=1S/C10H6BrNO3S2/c11-8-2-1-6(16-8)5-12-7-3-4-17(14)9(7)15-10(12)13/h1-4H,5H2. The molecule has 2 aromatic heterocycles. The van der Waals surface area contributed by atoms with Gasteiger partial charge in [0.2, 0.25) is 5.09 Å². The topological polar surface area (TPSA) is 52.2 Å². The van der Waals surface area contributed by atoms with Gasteiger partial charge in [0.15, 0.2) is 0 Å². The summed E-state index contributed by atoms with van der Waals surface area (Å²) in [4.78, 5) is 12.7. The molecule has 0 amide bonds. The van der Waals surface area contributed by atoms with Crippen molar-refractivity contribution in [2.24, 2.45) is 0 Å². The van der Waals surface area contributed by atoms with Crippen molar-refractivity contribution in [3.63, 3.8) is 0 Å². The zero-order valence-electron chi connectivity index (χ0n) is 8.38. The summed E-state index contributed by atoms with van der Waals surface area (Å²) in [6.45, 7) is 0.440. The molecule has 0 aliphatic carbocycles. The molecule has 0 aromatic carbocycles. The lowest BCUT2D eigenvalue weighted by atomic mass is 10.4. The van der Waals surface area contributed by atoms with E-state index in [1.165, 1.54) is 9.98 Å². The average molecular weight is 332 g/mol. The van der Waals surface area contributed by atoms with Crippen LogP contribution in [-0.2, 0) is 17.3 Å². The van der Waals surface area contributed by atoms with Gasteiger partial charge in [0.25, 0.3) is 0 Å². The fraction of sp³-hybridized carbons (Fsp3) is 0.100. The van der Waals surface area contributed by atoms with Crippen molar-refractivity contribution in [3.05, 3.63) is 42.4 Å². The Morgan fingerprint density at radius 3 is 3.00 bits per heavy atom. The maximum Gasteiger partial charge on any atom is 0.420 e. The number of rotatable bonds is 2. The van der Waals surface area contributed by atoms with Crippen LogP contribution in [0.25, 0.3) is 6.08 Å². The van der Waals surface area contributed by atoms with Crippen LogP contribution < -0.4 is 5.76 Å². The third kappa shape index (κ3) is 1.88. The van der Waals surface area contributed by atoms with Crippen LogP contribution in [-0.4, -0.2) is 8.78 Å². The summed E-state index contributed by atoms with van der Waals surface area (Å²) >= 11 is 4.93. The van der Waals surface area contributed by atoms with Crippen LogP contribution in [0.5, 0.6) is 0 Å². The van der Waals surface area contributed by atoms with E-state index in [2.05, 4.69) is 15.9 Å². The predicted octanol–water partition coefficient (Wildman–Crippen LogP) is 2.41. The number of halogens is 1. The maximum absolute atomic E-state index is 11.6. The highest BCUT2D eigenvalue weighted by Gasteiger charge is 2.23. The third-order valence-electron chi connectivity index (χ3n) is 2.38. The second kappa shape index (κ2) is 4.08. The molecule has 0 spiro atoms. The van der Waals surface area contributed by atoms with E-state index in [0.29, 0.717) is 12.2 Å². The summed E-state index contributed by atoms with van der Waals surface area (Å²) in [6.07, 6.45) is 1.67. The first kappa shape index (κ1) is 11.2. The van der Waals surface area contributed by atoms with Gasteiger partial charge >= 0.3 is 5.76 Å². The van der Waals surface area contributed by atoms with E-state index in [1.807, 2.05) is 12.1 Å². The molecule has 0 N–H and O–H groups in total. The molecule has 88 valence electrons. The van der Waals surface area contributed by atoms with Crippen LogP contribution in [0.3, 0.4) is 0 Å². The van der Waals surface area contributed by atoms with Gasteiger partial charge in [0.1, 0.15) is 16.5 Å². The molecule has 0 fully saturated rings. The lowest BCUT2D eigenvalue weighted by Crippen LogP contribution is -2.15. The smallest absolute Gasteiger partial charge is 0.398 e. The Hall–Kier alpha value is -0.920. The van der Waals surface area contributed by atoms with Crippen LogP contribution in [0, 0.1) is 0 Å². The van der Waals surface area contributed by atoms with Gasteiger partial charge in [-0.25, -0.2) is 9.00 Å². The highest BCUT2D eigenvalue weighted by atomic mass is 79.9.